The molecule has 8 heteroatoms. The molecule has 30 heavy (non-hydrogen) atoms. The standard InChI is InChI=1S/C22H33N5O3/c1-23-21(26-16-22(8-3-9-22)10-13-30-2)25-14-17-4-6-18(7-5-17)20(29)27-12-11-24-19(28)15-27/h4-7H,3,8-16H2,1-2H3,(H,24,28)(H2,23,25,26). The minimum absolute atomic E-state index is 0.108. The van der Waals surface area contributed by atoms with Crippen molar-refractivity contribution in [2.45, 2.75) is 32.2 Å². The summed E-state index contributed by atoms with van der Waals surface area (Å²) in [5, 5.41) is 9.53. The number of rotatable bonds is 8. The van der Waals surface area contributed by atoms with E-state index in [2.05, 4.69) is 20.9 Å². The predicted molar refractivity (Wildman–Crippen MR) is 116 cm³/mol. The quantitative estimate of drug-likeness (QED) is 0.437. The lowest BCUT2D eigenvalue weighted by Crippen LogP contribution is -2.49. The van der Waals surface area contributed by atoms with Crippen LogP contribution in [0.4, 0.5) is 0 Å². The van der Waals surface area contributed by atoms with Gasteiger partial charge in [0, 0.05) is 52.5 Å². The van der Waals surface area contributed by atoms with E-state index in [4.69, 9.17) is 4.74 Å². The van der Waals surface area contributed by atoms with Gasteiger partial charge in [-0.1, -0.05) is 18.6 Å². The lowest BCUT2D eigenvalue weighted by molar-refractivity contribution is -0.123. The number of carbonyl (C=O) groups excluding carboxylic acids is 2. The predicted octanol–water partition coefficient (Wildman–Crippen LogP) is 1.13. The molecule has 1 aromatic rings. The van der Waals surface area contributed by atoms with Gasteiger partial charge in [-0.3, -0.25) is 14.6 Å². The zero-order valence-corrected chi connectivity index (χ0v) is 18.0. The molecule has 0 radical (unpaired) electrons. The minimum atomic E-state index is -0.111. The van der Waals surface area contributed by atoms with E-state index in [9.17, 15) is 9.59 Å². The molecule has 0 atom stereocenters. The van der Waals surface area contributed by atoms with Crippen molar-refractivity contribution >= 4 is 17.8 Å². The number of amides is 2. The first kappa shape index (κ1) is 22.1. The van der Waals surface area contributed by atoms with E-state index >= 15 is 0 Å². The number of nitrogens with zero attached hydrogens (tertiary/aromatic N) is 2. The molecule has 1 saturated carbocycles. The summed E-state index contributed by atoms with van der Waals surface area (Å²) in [6, 6.07) is 7.50. The highest BCUT2D eigenvalue weighted by Gasteiger charge is 2.36. The van der Waals surface area contributed by atoms with Crippen LogP contribution in [-0.4, -0.2) is 69.6 Å². The second-order valence-corrected chi connectivity index (χ2v) is 8.15. The second-order valence-electron chi connectivity index (χ2n) is 8.15. The van der Waals surface area contributed by atoms with Gasteiger partial charge >= 0.3 is 0 Å². The lowest BCUT2D eigenvalue weighted by Gasteiger charge is -2.42. The number of guanidine groups is 1. The van der Waals surface area contributed by atoms with Crippen molar-refractivity contribution in [3.63, 3.8) is 0 Å². The molecule has 3 rings (SSSR count). The molecule has 0 unspecified atom stereocenters. The molecule has 1 saturated heterocycles. The fourth-order valence-corrected chi connectivity index (χ4v) is 3.95. The Morgan fingerprint density at radius 1 is 1.27 bits per heavy atom. The van der Waals surface area contributed by atoms with Crippen molar-refractivity contribution in [3.8, 4) is 0 Å². The third-order valence-corrected chi connectivity index (χ3v) is 6.09. The van der Waals surface area contributed by atoms with Gasteiger partial charge in [0.15, 0.2) is 5.96 Å². The summed E-state index contributed by atoms with van der Waals surface area (Å²) < 4.78 is 5.26. The molecule has 1 aliphatic heterocycles. The molecular formula is C22H33N5O3. The zero-order chi connectivity index (χ0) is 21.4. The topological polar surface area (TPSA) is 95.1 Å². The van der Waals surface area contributed by atoms with Crippen LogP contribution < -0.4 is 16.0 Å². The molecule has 1 heterocycles. The van der Waals surface area contributed by atoms with E-state index in [0.29, 0.717) is 30.6 Å². The highest BCUT2D eigenvalue weighted by atomic mass is 16.5. The molecule has 1 aromatic carbocycles. The van der Waals surface area contributed by atoms with Gasteiger partial charge < -0.3 is 25.6 Å². The third-order valence-electron chi connectivity index (χ3n) is 6.09. The van der Waals surface area contributed by atoms with Gasteiger partial charge in [0.05, 0.1) is 6.54 Å². The number of methoxy groups -OCH3 is 1. The minimum Gasteiger partial charge on any atom is -0.385 e. The van der Waals surface area contributed by atoms with Crippen LogP contribution in [0.1, 0.15) is 41.6 Å². The van der Waals surface area contributed by atoms with Gasteiger partial charge in [0.25, 0.3) is 5.91 Å². The molecule has 2 fully saturated rings. The van der Waals surface area contributed by atoms with Gasteiger partial charge in [-0.05, 0) is 42.4 Å². The van der Waals surface area contributed by atoms with Gasteiger partial charge in [-0.2, -0.15) is 0 Å². The van der Waals surface area contributed by atoms with E-state index in [1.165, 1.54) is 19.3 Å². The third kappa shape index (κ3) is 5.72. The first-order valence-corrected chi connectivity index (χ1v) is 10.6. The molecule has 1 aliphatic carbocycles. The summed E-state index contributed by atoms with van der Waals surface area (Å²) in [6.07, 6.45) is 4.81. The van der Waals surface area contributed by atoms with Crippen molar-refractivity contribution in [2.24, 2.45) is 10.4 Å². The molecule has 3 N–H and O–H groups in total. The van der Waals surface area contributed by atoms with Crippen molar-refractivity contribution in [3.05, 3.63) is 35.4 Å². The van der Waals surface area contributed by atoms with Crippen molar-refractivity contribution in [1.29, 1.82) is 0 Å². The number of hydrogen-bond acceptors (Lipinski definition) is 4. The number of nitrogens with one attached hydrogen (secondary N) is 3. The second kappa shape index (κ2) is 10.4. The van der Waals surface area contributed by atoms with Crippen LogP contribution in [0.3, 0.4) is 0 Å². The summed E-state index contributed by atoms with van der Waals surface area (Å²) in [6.45, 7) is 3.47. The monoisotopic (exact) mass is 415 g/mol. The van der Waals surface area contributed by atoms with Crippen molar-refractivity contribution < 1.29 is 14.3 Å². The van der Waals surface area contributed by atoms with E-state index in [0.717, 1.165) is 31.1 Å². The van der Waals surface area contributed by atoms with Crippen LogP contribution in [0.25, 0.3) is 0 Å². The summed E-state index contributed by atoms with van der Waals surface area (Å²) in [5.74, 6) is 0.557. The van der Waals surface area contributed by atoms with Gasteiger partial charge in [-0.25, -0.2) is 0 Å². The Bertz CT molecular complexity index is 759. The largest absolute Gasteiger partial charge is 0.385 e. The first-order chi connectivity index (χ1) is 14.5. The number of aliphatic imine (C=N–C) groups is 1. The van der Waals surface area contributed by atoms with Crippen LogP contribution >= 0.6 is 0 Å². The zero-order valence-electron chi connectivity index (χ0n) is 18.0. The summed E-state index contributed by atoms with van der Waals surface area (Å²) >= 11 is 0. The highest BCUT2D eigenvalue weighted by molar-refractivity contribution is 5.97. The van der Waals surface area contributed by atoms with Gasteiger partial charge in [0.2, 0.25) is 5.91 Å². The average molecular weight is 416 g/mol. The Labute approximate surface area is 178 Å². The average Bonchev–Trinajstić information content (AvgIpc) is 2.74. The molecule has 2 amide bonds. The van der Waals surface area contributed by atoms with Crippen LogP contribution in [0.5, 0.6) is 0 Å². The normalized spacial score (nSPS) is 18.4. The Morgan fingerprint density at radius 3 is 2.63 bits per heavy atom. The first-order valence-electron chi connectivity index (χ1n) is 10.6. The molecule has 0 spiro atoms. The fourth-order valence-electron chi connectivity index (χ4n) is 3.95. The van der Waals surface area contributed by atoms with Crippen LogP contribution in [0, 0.1) is 5.41 Å². The summed E-state index contributed by atoms with van der Waals surface area (Å²) in [5.41, 5.74) is 1.98. The SMILES string of the molecule is CN=C(NCc1ccc(C(=O)N2CCNC(=O)C2)cc1)NCC1(CCOC)CCC1. The smallest absolute Gasteiger partial charge is 0.254 e. The maximum Gasteiger partial charge on any atom is 0.254 e. The Balaban J connectivity index is 1.47. The van der Waals surface area contributed by atoms with Crippen LogP contribution in [0.2, 0.25) is 0 Å². The van der Waals surface area contributed by atoms with E-state index in [1.807, 2.05) is 24.3 Å². The van der Waals surface area contributed by atoms with E-state index < -0.39 is 0 Å². The van der Waals surface area contributed by atoms with Crippen molar-refractivity contribution in [2.75, 3.05) is 46.9 Å². The number of benzene rings is 1. The lowest BCUT2D eigenvalue weighted by atomic mass is 9.67. The van der Waals surface area contributed by atoms with Crippen molar-refractivity contribution in [1.82, 2.24) is 20.9 Å². The van der Waals surface area contributed by atoms with Gasteiger partial charge in [0.1, 0.15) is 0 Å². The van der Waals surface area contributed by atoms with Crippen LogP contribution in [0.15, 0.2) is 29.3 Å². The molecular weight excluding hydrogens is 382 g/mol. The molecule has 164 valence electrons. The maximum atomic E-state index is 12.5. The molecule has 0 aromatic heterocycles. The highest BCUT2D eigenvalue weighted by Crippen LogP contribution is 2.43. The number of hydrogen-bond donors (Lipinski definition) is 3. The Hall–Kier alpha value is -2.61. The number of piperazine rings is 1. The van der Waals surface area contributed by atoms with E-state index in [-0.39, 0.29) is 18.4 Å². The van der Waals surface area contributed by atoms with Crippen LogP contribution in [-0.2, 0) is 16.1 Å². The number of ether oxygens (including phenoxy) is 1. The van der Waals surface area contributed by atoms with E-state index in [1.54, 1.807) is 19.1 Å². The Kier molecular flexibility index (Phi) is 7.68. The molecule has 8 nitrogen and oxygen atoms in total. The molecule has 0 bridgehead atoms. The molecule has 2 aliphatic rings. The summed E-state index contributed by atoms with van der Waals surface area (Å²) in [7, 11) is 3.52. The maximum absolute atomic E-state index is 12.5. The summed E-state index contributed by atoms with van der Waals surface area (Å²) in [4.78, 5) is 29.9. The fraction of sp³-hybridized carbons (Fsp3) is 0.591. The van der Waals surface area contributed by atoms with Gasteiger partial charge in [-0.15, -0.1) is 0 Å². The Morgan fingerprint density at radius 2 is 2.03 bits per heavy atom. The number of carbonyl (C=O) groups is 2.